The molecule has 1 saturated carbocycles. The van der Waals surface area contributed by atoms with Crippen LogP contribution in [0.15, 0.2) is 0 Å². The third-order valence-electron chi connectivity index (χ3n) is 3.58. The molecule has 0 aliphatic heterocycles. The van der Waals surface area contributed by atoms with Crippen LogP contribution in [0, 0.1) is 11.8 Å². The monoisotopic (exact) mass is 257 g/mol. The number of nitrogens with one attached hydrogen (secondary N) is 1. The molecule has 1 amide bonds. The molecule has 1 fully saturated rings. The Hall–Kier alpha value is -1.10. The molecule has 5 heteroatoms. The van der Waals surface area contributed by atoms with Gasteiger partial charge in [-0.3, -0.25) is 9.59 Å². The van der Waals surface area contributed by atoms with Crippen LogP contribution in [0.3, 0.4) is 0 Å². The number of hydrogen-bond acceptors (Lipinski definition) is 3. The quantitative estimate of drug-likeness (QED) is 0.666. The second-order valence-corrected chi connectivity index (χ2v) is 5.51. The summed E-state index contributed by atoms with van der Waals surface area (Å²) >= 11 is 0. The first kappa shape index (κ1) is 15.0. The molecule has 0 radical (unpaired) electrons. The first-order chi connectivity index (χ1) is 8.35. The van der Waals surface area contributed by atoms with Gasteiger partial charge in [0, 0.05) is 12.5 Å². The van der Waals surface area contributed by atoms with Gasteiger partial charge in [0.1, 0.15) is 0 Å². The molecule has 0 heterocycles. The molecular weight excluding hydrogens is 234 g/mol. The van der Waals surface area contributed by atoms with Crippen LogP contribution in [0.1, 0.15) is 46.0 Å². The lowest BCUT2D eigenvalue weighted by Gasteiger charge is -2.23. The summed E-state index contributed by atoms with van der Waals surface area (Å²) in [7, 11) is 0. The molecular formula is C13H23NO4. The third-order valence-corrected chi connectivity index (χ3v) is 3.58. The zero-order valence-electron chi connectivity index (χ0n) is 11.1. The molecule has 1 aliphatic carbocycles. The van der Waals surface area contributed by atoms with E-state index in [1.165, 1.54) is 0 Å². The van der Waals surface area contributed by atoms with Crippen molar-refractivity contribution in [2.75, 3.05) is 6.54 Å². The molecule has 104 valence electrons. The van der Waals surface area contributed by atoms with E-state index in [1.54, 1.807) is 6.92 Å². The van der Waals surface area contributed by atoms with Crippen molar-refractivity contribution in [2.24, 2.45) is 11.8 Å². The molecule has 1 rings (SSSR count). The van der Waals surface area contributed by atoms with E-state index in [9.17, 15) is 14.7 Å². The van der Waals surface area contributed by atoms with Crippen LogP contribution in [0.4, 0.5) is 0 Å². The summed E-state index contributed by atoms with van der Waals surface area (Å²) in [6.45, 7) is 3.91. The topological polar surface area (TPSA) is 86.6 Å². The Morgan fingerprint density at radius 2 is 1.94 bits per heavy atom. The summed E-state index contributed by atoms with van der Waals surface area (Å²) in [5, 5.41) is 21.5. The van der Waals surface area contributed by atoms with Crippen LogP contribution in [0.5, 0.6) is 0 Å². The maximum Gasteiger partial charge on any atom is 0.306 e. The van der Waals surface area contributed by atoms with E-state index in [1.807, 2.05) is 6.92 Å². The maximum absolute atomic E-state index is 11.8. The first-order valence-electron chi connectivity index (χ1n) is 6.58. The lowest BCUT2D eigenvalue weighted by molar-refractivity contribution is -0.141. The summed E-state index contributed by atoms with van der Waals surface area (Å²) < 4.78 is 0. The summed E-state index contributed by atoms with van der Waals surface area (Å²) in [6, 6.07) is 0. The van der Waals surface area contributed by atoms with Crippen LogP contribution in [0.25, 0.3) is 0 Å². The van der Waals surface area contributed by atoms with Crippen LogP contribution in [-0.2, 0) is 9.59 Å². The third kappa shape index (κ3) is 4.29. The van der Waals surface area contributed by atoms with Gasteiger partial charge in [0.05, 0.1) is 11.5 Å². The summed E-state index contributed by atoms with van der Waals surface area (Å²) in [5.74, 6) is -1.56. The van der Waals surface area contributed by atoms with Gasteiger partial charge in [0.25, 0.3) is 0 Å². The Balaban J connectivity index is 2.36. The van der Waals surface area contributed by atoms with E-state index >= 15 is 0 Å². The fourth-order valence-electron chi connectivity index (χ4n) is 2.49. The summed E-state index contributed by atoms with van der Waals surface area (Å²) in [4.78, 5) is 22.6. The predicted molar refractivity (Wildman–Crippen MR) is 67.0 cm³/mol. The maximum atomic E-state index is 11.8. The van der Waals surface area contributed by atoms with Gasteiger partial charge in [-0.1, -0.05) is 13.3 Å². The van der Waals surface area contributed by atoms with Crippen molar-refractivity contribution in [1.82, 2.24) is 5.32 Å². The zero-order chi connectivity index (χ0) is 13.8. The number of carboxylic acids is 1. The smallest absolute Gasteiger partial charge is 0.306 e. The fraction of sp³-hybridized carbons (Fsp3) is 0.846. The number of carbonyl (C=O) groups is 2. The average Bonchev–Trinajstić information content (AvgIpc) is 2.75. The minimum Gasteiger partial charge on any atom is -0.481 e. The minimum absolute atomic E-state index is 0.130. The standard InChI is InChI=1S/C13H23NO4/c1-3-6-13(2,18)8-14-11(15)9-4-5-10(7-9)12(16)17/h9-10,18H,3-8H2,1-2H3,(H,14,15)(H,16,17)/t9-,10+,13?/m1/s1. The summed E-state index contributed by atoms with van der Waals surface area (Å²) in [5.41, 5.74) is -0.880. The van der Waals surface area contributed by atoms with E-state index in [4.69, 9.17) is 5.11 Å². The predicted octanol–water partition coefficient (Wildman–Crippen LogP) is 1.15. The first-order valence-corrected chi connectivity index (χ1v) is 6.58. The highest BCUT2D eigenvalue weighted by molar-refractivity contribution is 5.80. The number of rotatable bonds is 6. The highest BCUT2D eigenvalue weighted by Crippen LogP contribution is 2.31. The Morgan fingerprint density at radius 3 is 2.44 bits per heavy atom. The molecule has 0 bridgehead atoms. The van der Waals surface area contributed by atoms with E-state index in [0.717, 1.165) is 6.42 Å². The molecule has 0 spiro atoms. The van der Waals surface area contributed by atoms with Crippen molar-refractivity contribution in [3.05, 3.63) is 0 Å². The van der Waals surface area contributed by atoms with Gasteiger partial charge in [0.2, 0.25) is 5.91 Å². The average molecular weight is 257 g/mol. The number of carboxylic acid groups (broad SMARTS) is 1. The summed E-state index contributed by atoms with van der Waals surface area (Å²) in [6.07, 6.45) is 3.09. The van der Waals surface area contributed by atoms with Crippen molar-refractivity contribution < 1.29 is 19.8 Å². The molecule has 3 atom stereocenters. The number of aliphatic carboxylic acids is 1. The van der Waals surface area contributed by atoms with E-state index < -0.39 is 17.5 Å². The van der Waals surface area contributed by atoms with Gasteiger partial charge in [0.15, 0.2) is 0 Å². The highest BCUT2D eigenvalue weighted by atomic mass is 16.4. The van der Waals surface area contributed by atoms with Gasteiger partial charge in [-0.15, -0.1) is 0 Å². The number of aliphatic hydroxyl groups is 1. The second kappa shape index (κ2) is 6.18. The molecule has 5 nitrogen and oxygen atoms in total. The minimum atomic E-state index is -0.880. The largest absolute Gasteiger partial charge is 0.481 e. The molecule has 0 aromatic rings. The molecule has 0 saturated heterocycles. The zero-order valence-corrected chi connectivity index (χ0v) is 11.1. The van der Waals surface area contributed by atoms with Crippen molar-refractivity contribution >= 4 is 11.9 Å². The van der Waals surface area contributed by atoms with E-state index in [0.29, 0.717) is 25.7 Å². The van der Waals surface area contributed by atoms with Gasteiger partial charge in [-0.2, -0.15) is 0 Å². The Labute approximate surface area is 108 Å². The van der Waals surface area contributed by atoms with Gasteiger partial charge < -0.3 is 15.5 Å². The number of amides is 1. The van der Waals surface area contributed by atoms with Crippen LogP contribution in [0.2, 0.25) is 0 Å². The molecule has 1 unspecified atom stereocenters. The van der Waals surface area contributed by atoms with Crippen molar-refractivity contribution in [3.63, 3.8) is 0 Å². The van der Waals surface area contributed by atoms with E-state index in [2.05, 4.69) is 5.32 Å². The number of hydrogen-bond donors (Lipinski definition) is 3. The SMILES string of the molecule is CCCC(C)(O)CNC(=O)[C@@H]1CC[C@H](C(=O)O)C1. The van der Waals surface area contributed by atoms with Crippen LogP contribution >= 0.6 is 0 Å². The second-order valence-electron chi connectivity index (χ2n) is 5.51. The van der Waals surface area contributed by atoms with Crippen molar-refractivity contribution in [3.8, 4) is 0 Å². The van der Waals surface area contributed by atoms with Crippen LogP contribution < -0.4 is 5.32 Å². The molecule has 3 N–H and O–H groups in total. The molecule has 0 aromatic heterocycles. The van der Waals surface area contributed by atoms with Crippen molar-refractivity contribution in [2.45, 2.75) is 51.6 Å². The van der Waals surface area contributed by atoms with Crippen LogP contribution in [-0.4, -0.2) is 34.2 Å². The fourth-order valence-corrected chi connectivity index (χ4v) is 2.49. The van der Waals surface area contributed by atoms with Crippen molar-refractivity contribution in [1.29, 1.82) is 0 Å². The number of carbonyl (C=O) groups excluding carboxylic acids is 1. The van der Waals surface area contributed by atoms with Gasteiger partial charge in [-0.25, -0.2) is 0 Å². The lowest BCUT2D eigenvalue weighted by atomic mass is 9.99. The molecule has 1 aliphatic rings. The molecule has 18 heavy (non-hydrogen) atoms. The molecule has 0 aromatic carbocycles. The van der Waals surface area contributed by atoms with Gasteiger partial charge in [-0.05, 0) is 32.6 Å². The van der Waals surface area contributed by atoms with E-state index in [-0.39, 0.29) is 18.4 Å². The lowest BCUT2D eigenvalue weighted by Crippen LogP contribution is -2.42. The Kier molecular flexibility index (Phi) is 5.14. The highest BCUT2D eigenvalue weighted by Gasteiger charge is 2.34. The van der Waals surface area contributed by atoms with Gasteiger partial charge >= 0.3 is 5.97 Å². The normalized spacial score (nSPS) is 26.6. The Bertz CT molecular complexity index is 314. The Morgan fingerprint density at radius 1 is 1.33 bits per heavy atom.